The van der Waals surface area contributed by atoms with Gasteiger partial charge in [-0.05, 0) is 31.2 Å². The van der Waals surface area contributed by atoms with Crippen LogP contribution >= 0.6 is 0 Å². The number of benzene rings is 1. The Labute approximate surface area is 98.0 Å². The first-order chi connectivity index (χ1) is 7.79. The molecule has 0 aromatic heterocycles. The Bertz CT molecular complexity index is 306. The van der Waals surface area contributed by atoms with E-state index in [1.807, 2.05) is 0 Å². The molecule has 1 aliphatic rings. The van der Waals surface area contributed by atoms with E-state index in [-0.39, 0.29) is 0 Å². The third-order valence-corrected chi connectivity index (χ3v) is 3.51. The third-order valence-electron chi connectivity index (χ3n) is 3.51. The highest BCUT2D eigenvalue weighted by molar-refractivity contribution is 5.22. The summed E-state index contributed by atoms with van der Waals surface area (Å²) in [6, 6.07) is 11.5. The Kier molecular flexibility index (Phi) is 3.97. The molecule has 0 spiro atoms. The van der Waals surface area contributed by atoms with Gasteiger partial charge in [0.05, 0.1) is 6.10 Å². The Hall–Kier alpha value is -0.860. The molecule has 2 nitrogen and oxygen atoms in total. The fourth-order valence-electron chi connectivity index (χ4n) is 2.20. The molecule has 1 atom stereocenters. The fraction of sp³-hybridized carbons (Fsp3) is 0.571. The number of nitrogens with one attached hydrogen (secondary N) is 1. The van der Waals surface area contributed by atoms with Crippen LogP contribution in [0.4, 0.5) is 0 Å². The Morgan fingerprint density at radius 1 is 1.31 bits per heavy atom. The largest absolute Gasteiger partial charge is 0.380 e. The Morgan fingerprint density at radius 2 is 2.00 bits per heavy atom. The summed E-state index contributed by atoms with van der Waals surface area (Å²) in [5.41, 5.74) is 1.49. The molecule has 2 rings (SSSR count). The van der Waals surface area contributed by atoms with E-state index in [4.69, 9.17) is 4.74 Å². The topological polar surface area (TPSA) is 21.3 Å². The van der Waals surface area contributed by atoms with Gasteiger partial charge in [0.15, 0.2) is 0 Å². The molecule has 1 unspecified atom stereocenters. The van der Waals surface area contributed by atoms with E-state index in [0.29, 0.717) is 12.1 Å². The molecular formula is C14H21NO. The number of methoxy groups -OCH3 is 1. The van der Waals surface area contributed by atoms with E-state index in [1.54, 1.807) is 7.11 Å². The van der Waals surface area contributed by atoms with Crippen molar-refractivity contribution in [3.8, 4) is 0 Å². The van der Waals surface area contributed by atoms with Crippen LogP contribution < -0.4 is 5.32 Å². The molecule has 0 radical (unpaired) electrons. The van der Waals surface area contributed by atoms with Crippen LogP contribution in [0.2, 0.25) is 0 Å². The first-order valence-electron chi connectivity index (χ1n) is 6.10. The third kappa shape index (κ3) is 2.83. The zero-order valence-electron chi connectivity index (χ0n) is 10.1. The fourth-order valence-corrected chi connectivity index (χ4v) is 2.20. The summed E-state index contributed by atoms with van der Waals surface area (Å²) < 4.78 is 5.22. The highest BCUT2D eigenvalue weighted by Crippen LogP contribution is 2.36. The summed E-state index contributed by atoms with van der Waals surface area (Å²) in [5.74, 6) is 0.761. The number of hydrogen-bond donors (Lipinski definition) is 1. The minimum atomic E-state index is 0.316. The van der Waals surface area contributed by atoms with Crippen molar-refractivity contribution in [1.29, 1.82) is 0 Å². The van der Waals surface area contributed by atoms with Crippen molar-refractivity contribution in [3.63, 3.8) is 0 Å². The summed E-state index contributed by atoms with van der Waals surface area (Å²) >= 11 is 0. The predicted octanol–water partition coefficient (Wildman–Crippen LogP) is 2.56. The van der Waals surface area contributed by atoms with Crippen LogP contribution in [-0.2, 0) is 4.74 Å². The van der Waals surface area contributed by atoms with E-state index >= 15 is 0 Å². The zero-order valence-corrected chi connectivity index (χ0v) is 10.1. The van der Waals surface area contributed by atoms with Crippen LogP contribution in [0.1, 0.15) is 31.2 Å². The predicted molar refractivity (Wildman–Crippen MR) is 66.7 cm³/mol. The molecule has 88 valence electrons. The number of ether oxygens (including phenoxy) is 1. The Morgan fingerprint density at radius 3 is 2.62 bits per heavy atom. The van der Waals surface area contributed by atoms with Gasteiger partial charge in [-0.2, -0.15) is 0 Å². The minimum Gasteiger partial charge on any atom is -0.380 e. The molecular weight excluding hydrogens is 198 g/mol. The monoisotopic (exact) mass is 219 g/mol. The molecule has 2 heteroatoms. The maximum atomic E-state index is 5.22. The molecule has 16 heavy (non-hydrogen) atoms. The quantitative estimate of drug-likeness (QED) is 0.821. The average Bonchev–Trinajstić information content (AvgIpc) is 2.28. The van der Waals surface area contributed by atoms with E-state index in [9.17, 15) is 0 Å². The van der Waals surface area contributed by atoms with Crippen LogP contribution in [0.3, 0.4) is 0 Å². The van der Waals surface area contributed by atoms with Gasteiger partial charge in [0.1, 0.15) is 0 Å². The number of hydrogen-bond acceptors (Lipinski definition) is 2. The van der Waals surface area contributed by atoms with E-state index in [2.05, 4.69) is 42.6 Å². The summed E-state index contributed by atoms with van der Waals surface area (Å²) in [4.78, 5) is 0. The lowest BCUT2D eigenvalue weighted by atomic mass is 9.76. The Balaban J connectivity index is 1.70. The second-order valence-corrected chi connectivity index (χ2v) is 4.73. The van der Waals surface area contributed by atoms with Gasteiger partial charge < -0.3 is 10.1 Å². The summed E-state index contributed by atoms with van der Waals surface area (Å²) in [6.07, 6.45) is 2.84. The SMILES string of the molecule is COC(C)CNC1CC(c2ccccc2)C1. The average molecular weight is 219 g/mol. The van der Waals surface area contributed by atoms with E-state index in [0.717, 1.165) is 12.5 Å². The summed E-state index contributed by atoms with van der Waals surface area (Å²) in [6.45, 7) is 3.06. The highest BCUT2D eigenvalue weighted by atomic mass is 16.5. The molecule has 1 N–H and O–H groups in total. The van der Waals surface area contributed by atoms with Crippen molar-refractivity contribution in [2.45, 2.75) is 37.8 Å². The molecule has 1 aromatic rings. The van der Waals surface area contributed by atoms with E-state index < -0.39 is 0 Å². The van der Waals surface area contributed by atoms with Crippen molar-refractivity contribution >= 4 is 0 Å². The van der Waals surface area contributed by atoms with E-state index in [1.165, 1.54) is 18.4 Å². The van der Waals surface area contributed by atoms with Gasteiger partial charge in [0.2, 0.25) is 0 Å². The molecule has 0 amide bonds. The minimum absolute atomic E-state index is 0.316. The molecule has 0 aliphatic heterocycles. The first-order valence-corrected chi connectivity index (χ1v) is 6.10. The van der Waals surface area contributed by atoms with Crippen molar-refractivity contribution in [2.75, 3.05) is 13.7 Å². The second kappa shape index (κ2) is 5.46. The van der Waals surface area contributed by atoms with Gasteiger partial charge in [0, 0.05) is 19.7 Å². The van der Waals surface area contributed by atoms with Crippen LogP contribution in [0.25, 0.3) is 0 Å². The molecule has 1 fully saturated rings. The van der Waals surface area contributed by atoms with Crippen LogP contribution in [0, 0.1) is 0 Å². The zero-order chi connectivity index (χ0) is 11.4. The molecule has 1 saturated carbocycles. The van der Waals surface area contributed by atoms with Crippen molar-refractivity contribution in [2.24, 2.45) is 0 Å². The van der Waals surface area contributed by atoms with Crippen molar-refractivity contribution in [3.05, 3.63) is 35.9 Å². The first kappa shape index (κ1) is 11.6. The van der Waals surface area contributed by atoms with Crippen LogP contribution in [0.15, 0.2) is 30.3 Å². The maximum Gasteiger partial charge on any atom is 0.0667 e. The van der Waals surface area contributed by atoms with Gasteiger partial charge in [-0.3, -0.25) is 0 Å². The highest BCUT2D eigenvalue weighted by Gasteiger charge is 2.29. The molecule has 0 bridgehead atoms. The van der Waals surface area contributed by atoms with Crippen LogP contribution in [0.5, 0.6) is 0 Å². The molecule has 0 heterocycles. The molecule has 1 aliphatic carbocycles. The van der Waals surface area contributed by atoms with Gasteiger partial charge in [0.25, 0.3) is 0 Å². The lowest BCUT2D eigenvalue weighted by Crippen LogP contribution is -2.43. The van der Waals surface area contributed by atoms with Crippen molar-refractivity contribution in [1.82, 2.24) is 5.32 Å². The summed E-state index contributed by atoms with van der Waals surface area (Å²) in [5, 5.41) is 3.54. The normalized spacial score (nSPS) is 26.1. The maximum absolute atomic E-state index is 5.22. The van der Waals surface area contributed by atoms with Gasteiger partial charge in [-0.25, -0.2) is 0 Å². The van der Waals surface area contributed by atoms with Crippen LogP contribution in [-0.4, -0.2) is 25.8 Å². The lowest BCUT2D eigenvalue weighted by Gasteiger charge is -2.37. The molecule has 1 aromatic carbocycles. The van der Waals surface area contributed by atoms with Gasteiger partial charge in [-0.1, -0.05) is 30.3 Å². The molecule has 0 saturated heterocycles. The van der Waals surface area contributed by atoms with Gasteiger partial charge in [-0.15, -0.1) is 0 Å². The summed E-state index contributed by atoms with van der Waals surface area (Å²) in [7, 11) is 1.76. The second-order valence-electron chi connectivity index (χ2n) is 4.73. The van der Waals surface area contributed by atoms with Crippen molar-refractivity contribution < 1.29 is 4.74 Å². The lowest BCUT2D eigenvalue weighted by molar-refractivity contribution is 0.108. The number of rotatable bonds is 5. The smallest absolute Gasteiger partial charge is 0.0667 e. The van der Waals surface area contributed by atoms with Gasteiger partial charge >= 0.3 is 0 Å². The standard InChI is InChI=1S/C14H21NO/c1-11(16-2)10-15-14-8-13(9-14)12-6-4-3-5-7-12/h3-7,11,13-15H,8-10H2,1-2H3.